The van der Waals surface area contributed by atoms with Gasteiger partial charge >= 0.3 is 152 Å². The van der Waals surface area contributed by atoms with E-state index in [1.807, 2.05) is 22.0 Å². The molecular weight excluding hydrogens is 653 g/mol. The van der Waals surface area contributed by atoms with E-state index in [1.165, 1.54) is 0 Å². The van der Waals surface area contributed by atoms with Crippen molar-refractivity contribution in [1.29, 1.82) is 0 Å². The first-order valence-corrected chi connectivity index (χ1v) is 16.7. The van der Waals surface area contributed by atoms with Gasteiger partial charge in [-0.3, -0.25) is 4.79 Å². The van der Waals surface area contributed by atoms with E-state index in [1.54, 1.807) is 23.0 Å². The van der Waals surface area contributed by atoms with Crippen LogP contribution in [-0.2, 0) is 25.5 Å². The minimum absolute atomic E-state index is 0.0381. The molecule has 1 fully saturated rings. The van der Waals surface area contributed by atoms with Crippen molar-refractivity contribution in [3.05, 3.63) is 28.9 Å². The number of anilines is 4. The Bertz CT molecular complexity index is 1300. The molecule has 1 saturated heterocycles. The van der Waals surface area contributed by atoms with Crippen molar-refractivity contribution in [2.75, 3.05) is 66.5 Å². The predicted octanol–water partition coefficient (Wildman–Crippen LogP) is -1.26. The summed E-state index contributed by atoms with van der Waals surface area (Å²) in [5, 5.41) is 3.68. The number of nitrogens with one attached hydrogen (secondary N) is 2. The fourth-order valence-electron chi connectivity index (χ4n) is 5.12. The van der Waals surface area contributed by atoms with E-state index >= 15 is 0 Å². The van der Waals surface area contributed by atoms with Crippen LogP contribution in [0.2, 0.25) is 5.02 Å². The molecule has 0 radical (unpaired) electrons. The molecular formula is C26H32ClIN7O5-. The molecule has 0 saturated carbocycles. The number of hydrogen-bond donors (Lipinski definition) is 2. The smallest absolute Gasteiger partial charge is 0.227 e. The summed E-state index contributed by atoms with van der Waals surface area (Å²) in [5.41, 5.74) is 2.49. The molecule has 3 amide bonds. The normalized spacial score (nSPS) is 19.1. The molecule has 4 heterocycles. The van der Waals surface area contributed by atoms with Gasteiger partial charge in [0.1, 0.15) is 10.8 Å². The van der Waals surface area contributed by atoms with E-state index in [0.717, 1.165) is 16.9 Å². The SMILES string of the molecule is C[I-]NC(=O)CCC(=O)N1CCN2c3ncc(Cl)c(n3)Nc3cc4c(c(c3)OCCOC[C@H]2C1)N(C)C(=O)CC4. The maximum atomic E-state index is 12.9. The molecule has 2 aromatic rings. The zero-order valence-electron chi connectivity index (χ0n) is 22.4. The van der Waals surface area contributed by atoms with Crippen molar-refractivity contribution in [2.45, 2.75) is 31.7 Å². The van der Waals surface area contributed by atoms with Gasteiger partial charge in [0, 0.05) is 25.2 Å². The Hall–Kier alpha value is -2.91. The van der Waals surface area contributed by atoms with Gasteiger partial charge in [0.2, 0.25) is 5.91 Å². The Morgan fingerprint density at radius 3 is 2.90 bits per heavy atom. The van der Waals surface area contributed by atoms with Gasteiger partial charge in [0.15, 0.2) is 0 Å². The summed E-state index contributed by atoms with van der Waals surface area (Å²) in [5.74, 6) is 1.39. The average Bonchev–Trinajstić information content (AvgIpc) is 2.94. The number of alkyl halides is 1. The van der Waals surface area contributed by atoms with Crippen molar-refractivity contribution in [3.8, 4) is 5.75 Å². The van der Waals surface area contributed by atoms with Crippen LogP contribution in [-0.4, -0.2) is 90.1 Å². The van der Waals surface area contributed by atoms with E-state index in [9.17, 15) is 14.4 Å². The molecule has 0 spiro atoms. The summed E-state index contributed by atoms with van der Waals surface area (Å²) in [7, 11) is 1.75. The predicted molar refractivity (Wildman–Crippen MR) is 146 cm³/mol. The summed E-state index contributed by atoms with van der Waals surface area (Å²) in [4.78, 5) is 53.8. The van der Waals surface area contributed by atoms with Gasteiger partial charge in [-0.1, -0.05) is 11.6 Å². The number of carbonyl (C=O) groups is 3. The van der Waals surface area contributed by atoms with Crippen molar-refractivity contribution in [1.82, 2.24) is 18.4 Å². The van der Waals surface area contributed by atoms with Crippen LogP contribution in [0, 0.1) is 0 Å². The van der Waals surface area contributed by atoms with E-state index in [4.69, 9.17) is 26.1 Å². The van der Waals surface area contributed by atoms with E-state index in [2.05, 4.69) is 13.8 Å². The van der Waals surface area contributed by atoms with Crippen LogP contribution in [0.1, 0.15) is 24.8 Å². The molecule has 3 aliphatic rings. The number of piperazine rings is 1. The number of nitrogens with zero attached hydrogens (tertiary/aromatic N) is 5. The fourth-order valence-corrected chi connectivity index (χ4v) is 6.13. The summed E-state index contributed by atoms with van der Waals surface area (Å²) < 4.78 is 15.0. The number of aryl methyl sites for hydroxylation is 1. The molecule has 0 aliphatic carbocycles. The minimum atomic E-state index is -0.360. The molecule has 3 aliphatic heterocycles. The number of ether oxygens (including phenoxy) is 2. The summed E-state index contributed by atoms with van der Waals surface area (Å²) in [6, 6.07) is 3.62. The van der Waals surface area contributed by atoms with Crippen LogP contribution in [0.5, 0.6) is 5.75 Å². The fraction of sp³-hybridized carbons (Fsp3) is 0.500. The van der Waals surface area contributed by atoms with E-state index in [0.29, 0.717) is 68.2 Å². The van der Waals surface area contributed by atoms with Gasteiger partial charge in [0.05, 0.1) is 5.69 Å². The van der Waals surface area contributed by atoms with Crippen molar-refractivity contribution in [3.63, 3.8) is 0 Å². The summed E-state index contributed by atoms with van der Waals surface area (Å²) >= 11 is 6.14. The van der Waals surface area contributed by atoms with Crippen LogP contribution < -0.4 is 44.9 Å². The second-order valence-corrected chi connectivity index (χ2v) is 11.8. The topological polar surface area (TPSA) is 129 Å². The van der Waals surface area contributed by atoms with E-state index < -0.39 is 0 Å². The Balaban J connectivity index is 1.39. The summed E-state index contributed by atoms with van der Waals surface area (Å²) in [6.07, 6.45) is 2.95. The third kappa shape index (κ3) is 6.36. The molecule has 216 valence electrons. The third-order valence-electron chi connectivity index (χ3n) is 7.12. The molecule has 40 heavy (non-hydrogen) atoms. The first-order valence-electron chi connectivity index (χ1n) is 13.1. The van der Waals surface area contributed by atoms with Crippen molar-refractivity contribution in [2.24, 2.45) is 0 Å². The number of hydrogen-bond acceptors (Lipinski definition) is 9. The van der Waals surface area contributed by atoms with Gasteiger partial charge in [-0.2, -0.15) is 0 Å². The maximum absolute atomic E-state index is 12.9. The molecule has 4 bridgehead atoms. The number of halogens is 2. The average molecular weight is 685 g/mol. The number of carbonyl (C=O) groups excluding carboxylic acids is 3. The maximum Gasteiger partial charge on any atom is 0.227 e. The van der Waals surface area contributed by atoms with Gasteiger partial charge in [-0.15, -0.1) is 0 Å². The monoisotopic (exact) mass is 684 g/mol. The summed E-state index contributed by atoms with van der Waals surface area (Å²) in [6.45, 7) is 2.32. The van der Waals surface area contributed by atoms with Gasteiger partial charge in [-0.05, 0) is 18.1 Å². The quantitative estimate of drug-likeness (QED) is 0.231. The Labute approximate surface area is 248 Å². The van der Waals surface area contributed by atoms with Crippen LogP contribution in [0.4, 0.5) is 23.1 Å². The number of rotatable bonds is 4. The van der Waals surface area contributed by atoms with Gasteiger partial charge in [0.25, 0.3) is 0 Å². The molecule has 12 nitrogen and oxygen atoms in total. The zero-order chi connectivity index (χ0) is 28.2. The minimum Gasteiger partial charge on any atom is -0.312 e. The van der Waals surface area contributed by atoms with Gasteiger partial charge in [-0.25, -0.2) is 0 Å². The van der Waals surface area contributed by atoms with Gasteiger partial charge < -0.3 is 15.0 Å². The van der Waals surface area contributed by atoms with Crippen molar-refractivity contribution >= 4 is 52.5 Å². The molecule has 1 atom stereocenters. The van der Waals surface area contributed by atoms with Crippen LogP contribution in [0.3, 0.4) is 0 Å². The Morgan fingerprint density at radius 1 is 1.23 bits per heavy atom. The molecule has 5 rings (SSSR count). The molecule has 0 unspecified atom stereocenters. The van der Waals surface area contributed by atoms with Crippen LogP contribution >= 0.6 is 11.6 Å². The first-order chi connectivity index (χ1) is 19.3. The molecule has 2 N–H and O–H groups in total. The second kappa shape index (κ2) is 12.7. The Kier molecular flexibility index (Phi) is 9.10. The number of aromatic nitrogens is 2. The standard InChI is InChI=1S/C26H32ClIN7O5/c1-28-32-21(36)4-6-23(38)34-7-8-35-18(14-34)15-39-9-10-40-20-12-17(30-25-19(27)13-29-26(35)31-25)11-16-3-5-22(37)33(2)24(16)20/h11-13,18H,3-10,14-15H2,1-2H3,(H,32,36)(H,29,30,31)/q-1/t18-/m1/s1. The van der Waals surface area contributed by atoms with Crippen LogP contribution in [0.15, 0.2) is 18.3 Å². The van der Waals surface area contributed by atoms with E-state index in [-0.39, 0.29) is 64.7 Å². The molecule has 14 heteroatoms. The first kappa shape index (κ1) is 28.6. The second-order valence-electron chi connectivity index (χ2n) is 9.74. The van der Waals surface area contributed by atoms with Crippen LogP contribution in [0.25, 0.3) is 0 Å². The molecule has 1 aromatic carbocycles. The Morgan fingerprint density at radius 2 is 2.08 bits per heavy atom. The zero-order valence-corrected chi connectivity index (χ0v) is 25.3. The number of fused-ring (bicyclic) bond motifs is 8. The number of benzene rings is 1. The van der Waals surface area contributed by atoms with Crippen molar-refractivity contribution < 1.29 is 45.3 Å². The number of amides is 3. The largest absolute Gasteiger partial charge is 0.312 e. The third-order valence-corrected chi connectivity index (χ3v) is 8.54. The molecule has 1 aromatic heterocycles.